The smallest absolute Gasteiger partial charge is 0.263 e. The van der Waals surface area contributed by atoms with Crippen molar-refractivity contribution < 1.29 is 22.7 Å². The van der Waals surface area contributed by atoms with Crippen LogP contribution >= 0.6 is 23.2 Å². The number of sulfonamides is 1. The second-order valence-corrected chi connectivity index (χ2v) is 6.60. The van der Waals surface area contributed by atoms with Gasteiger partial charge in [-0.05, 0) is 24.3 Å². The number of benzene rings is 2. The zero-order chi connectivity index (χ0) is 16.5. The molecule has 0 aliphatic rings. The number of halogens is 3. The van der Waals surface area contributed by atoms with Gasteiger partial charge in [0.1, 0.15) is 10.7 Å². The van der Waals surface area contributed by atoms with Gasteiger partial charge in [-0.15, -0.1) is 0 Å². The summed E-state index contributed by atoms with van der Waals surface area (Å²) in [5.41, 5.74) is -0.844. The molecule has 0 saturated heterocycles. The molecule has 0 bridgehead atoms. The first-order valence-corrected chi connectivity index (χ1v) is 7.94. The van der Waals surface area contributed by atoms with Crippen LogP contribution in [0.3, 0.4) is 0 Å². The number of carboxylic acids is 1. The van der Waals surface area contributed by atoms with Gasteiger partial charge in [-0.2, -0.15) is 0 Å². The molecule has 0 aliphatic carbocycles. The van der Waals surface area contributed by atoms with Crippen molar-refractivity contribution in [2.75, 3.05) is 4.72 Å². The molecule has 1 N–H and O–H groups in total. The maximum atomic E-state index is 13.5. The molecule has 2 rings (SSSR count). The molecule has 0 saturated carbocycles. The van der Waals surface area contributed by atoms with E-state index in [0.29, 0.717) is 0 Å². The molecule has 0 heterocycles. The van der Waals surface area contributed by atoms with Gasteiger partial charge >= 0.3 is 0 Å². The minimum absolute atomic E-state index is 0.269. The summed E-state index contributed by atoms with van der Waals surface area (Å²) in [5.74, 6) is -2.46. The van der Waals surface area contributed by atoms with Crippen LogP contribution in [0.25, 0.3) is 0 Å². The van der Waals surface area contributed by atoms with Crippen molar-refractivity contribution in [1.29, 1.82) is 0 Å². The van der Waals surface area contributed by atoms with Crippen LogP contribution in [0.15, 0.2) is 41.3 Å². The van der Waals surface area contributed by atoms with Crippen LogP contribution < -0.4 is 9.83 Å². The van der Waals surface area contributed by atoms with Gasteiger partial charge in [0, 0.05) is 5.56 Å². The van der Waals surface area contributed by atoms with Gasteiger partial charge in [-0.25, -0.2) is 12.8 Å². The number of carboxylic acid groups (broad SMARTS) is 1. The van der Waals surface area contributed by atoms with Crippen LogP contribution in [-0.2, 0) is 10.0 Å². The highest BCUT2D eigenvalue weighted by Crippen LogP contribution is 2.30. The van der Waals surface area contributed by atoms with Gasteiger partial charge in [0.25, 0.3) is 10.0 Å². The molecule has 22 heavy (non-hydrogen) atoms. The molecule has 116 valence electrons. The molecule has 5 nitrogen and oxygen atoms in total. The van der Waals surface area contributed by atoms with E-state index in [1.807, 2.05) is 4.72 Å². The summed E-state index contributed by atoms with van der Waals surface area (Å²) in [6.45, 7) is 0. The molecule has 0 radical (unpaired) electrons. The number of rotatable bonds is 4. The van der Waals surface area contributed by atoms with Gasteiger partial charge in [0.2, 0.25) is 0 Å². The summed E-state index contributed by atoms with van der Waals surface area (Å²) in [5, 5.41) is 10.3. The van der Waals surface area contributed by atoms with E-state index >= 15 is 0 Å². The Hall–Kier alpha value is -1.83. The first-order chi connectivity index (χ1) is 10.2. The SMILES string of the molecule is O=C([O-])c1cc(S(=O)(=O)Nc2ccccc2F)c(Cl)cc1Cl. The third-order valence-corrected chi connectivity index (χ3v) is 4.79. The maximum Gasteiger partial charge on any atom is 0.263 e. The molecular weight excluding hydrogens is 356 g/mol. The van der Waals surface area contributed by atoms with E-state index in [9.17, 15) is 22.7 Å². The fourth-order valence-corrected chi connectivity index (χ4v) is 3.55. The lowest BCUT2D eigenvalue weighted by Gasteiger charge is -2.13. The van der Waals surface area contributed by atoms with Crippen molar-refractivity contribution >= 4 is 44.9 Å². The highest BCUT2D eigenvalue weighted by atomic mass is 35.5. The highest BCUT2D eigenvalue weighted by molar-refractivity contribution is 7.92. The van der Waals surface area contributed by atoms with Crippen LogP contribution in [0.4, 0.5) is 10.1 Å². The summed E-state index contributed by atoms with van der Waals surface area (Å²) in [7, 11) is -4.31. The van der Waals surface area contributed by atoms with E-state index < -0.39 is 32.3 Å². The molecular formula is C13H7Cl2FNO4S-. The zero-order valence-electron chi connectivity index (χ0n) is 10.6. The molecule has 9 heteroatoms. The summed E-state index contributed by atoms with van der Waals surface area (Å²) in [6, 6.07) is 6.80. The molecule has 0 unspecified atom stereocenters. The lowest BCUT2D eigenvalue weighted by molar-refractivity contribution is -0.255. The number of anilines is 1. The van der Waals surface area contributed by atoms with Crippen LogP contribution in [-0.4, -0.2) is 14.4 Å². The van der Waals surface area contributed by atoms with Gasteiger partial charge < -0.3 is 9.90 Å². The Balaban J connectivity index is 2.52. The molecule has 2 aromatic carbocycles. The number of aromatic carboxylic acids is 1. The second kappa shape index (κ2) is 6.12. The fourth-order valence-electron chi connectivity index (χ4n) is 1.64. The Labute approximate surface area is 135 Å². The average molecular weight is 363 g/mol. The van der Waals surface area contributed by atoms with Crippen molar-refractivity contribution in [1.82, 2.24) is 0 Å². The monoisotopic (exact) mass is 362 g/mol. The molecule has 0 aliphatic heterocycles. The van der Waals surface area contributed by atoms with Gasteiger partial charge in [-0.3, -0.25) is 4.72 Å². The van der Waals surface area contributed by atoms with E-state index in [1.54, 1.807) is 0 Å². The first kappa shape index (κ1) is 16.5. The second-order valence-electron chi connectivity index (χ2n) is 4.14. The minimum Gasteiger partial charge on any atom is -0.545 e. The number of hydrogen-bond acceptors (Lipinski definition) is 4. The average Bonchev–Trinajstić information content (AvgIpc) is 2.40. The third-order valence-electron chi connectivity index (χ3n) is 2.65. The third kappa shape index (κ3) is 3.32. The molecule has 0 amide bonds. The molecule has 0 aromatic heterocycles. The van der Waals surface area contributed by atoms with Crippen LogP contribution in [0.2, 0.25) is 10.0 Å². The standard InChI is InChI=1S/C13H8Cl2FNO4S/c14-8-6-9(15)12(5-7(8)13(18)19)22(20,21)17-11-4-2-1-3-10(11)16/h1-6,17H,(H,18,19)/p-1. The Bertz CT molecular complexity index is 855. The van der Waals surface area contributed by atoms with Crippen LogP contribution in [0, 0.1) is 5.82 Å². The summed E-state index contributed by atoms with van der Waals surface area (Å²) >= 11 is 11.4. The molecule has 0 atom stereocenters. The summed E-state index contributed by atoms with van der Waals surface area (Å²) < 4.78 is 40.0. The first-order valence-electron chi connectivity index (χ1n) is 5.70. The molecule has 0 spiro atoms. The topological polar surface area (TPSA) is 86.3 Å². The number of carbonyl (C=O) groups excluding carboxylic acids is 1. The van der Waals surface area contributed by atoms with E-state index in [1.165, 1.54) is 18.2 Å². The molecule has 0 fully saturated rings. The van der Waals surface area contributed by atoms with Crippen molar-refractivity contribution in [3.63, 3.8) is 0 Å². The Kier molecular flexibility index (Phi) is 4.60. The number of hydrogen-bond donors (Lipinski definition) is 1. The largest absolute Gasteiger partial charge is 0.545 e. The lowest BCUT2D eigenvalue weighted by Crippen LogP contribution is -2.23. The van der Waals surface area contributed by atoms with Crippen molar-refractivity contribution in [3.8, 4) is 0 Å². The predicted octanol–water partition coefficient (Wildman–Crippen LogP) is 2.30. The van der Waals surface area contributed by atoms with Gasteiger partial charge in [-0.1, -0.05) is 35.3 Å². The Morgan fingerprint density at radius 2 is 1.77 bits per heavy atom. The fraction of sp³-hybridized carbons (Fsp3) is 0. The number of carbonyl (C=O) groups is 1. The number of nitrogens with one attached hydrogen (secondary N) is 1. The Morgan fingerprint density at radius 1 is 1.14 bits per heavy atom. The Morgan fingerprint density at radius 3 is 2.36 bits per heavy atom. The maximum absolute atomic E-state index is 13.5. The van der Waals surface area contributed by atoms with Gasteiger partial charge in [0.15, 0.2) is 0 Å². The van der Waals surface area contributed by atoms with Crippen molar-refractivity contribution in [2.45, 2.75) is 4.90 Å². The summed E-state index contributed by atoms with van der Waals surface area (Å²) in [6.07, 6.45) is 0. The van der Waals surface area contributed by atoms with E-state index in [0.717, 1.165) is 18.2 Å². The van der Waals surface area contributed by atoms with E-state index in [-0.39, 0.29) is 15.7 Å². The van der Waals surface area contributed by atoms with E-state index in [2.05, 4.69) is 0 Å². The zero-order valence-corrected chi connectivity index (χ0v) is 13.0. The van der Waals surface area contributed by atoms with E-state index in [4.69, 9.17) is 23.2 Å². The lowest BCUT2D eigenvalue weighted by atomic mass is 10.2. The normalized spacial score (nSPS) is 11.2. The molecule has 2 aromatic rings. The summed E-state index contributed by atoms with van der Waals surface area (Å²) in [4.78, 5) is 10.4. The van der Waals surface area contributed by atoms with Crippen LogP contribution in [0.5, 0.6) is 0 Å². The number of para-hydroxylation sites is 1. The van der Waals surface area contributed by atoms with Crippen molar-refractivity contribution in [2.24, 2.45) is 0 Å². The quantitative estimate of drug-likeness (QED) is 0.903. The minimum atomic E-state index is -4.31. The highest BCUT2D eigenvalue weighted by Gasteiger charge is 2.21. The van der Waals surface area contributed by atoms with Gasteiger partial charge in [0.05, 0.1) is 21.7 Å². The predicted molar refractivity (Wildman–Crippen MR) is 78.0 cm³/mol. The van der Waals surface area contributed by atoms with Crippen molar-refractivity contribution in [3.05, 3.63) is 57.8 Å². The van der Waals surface area contributed by atoms with Crippen LogP contribution in [0.1, 0.15) is 10.4 Å².